The van der Waals surface area contributed by atoms with Crippen molar-refractivity contribution in [1.29, 1.82) is 0 Å². The topological polar surface area (TPSA) is 70.4 Å². The fraction of sp³-hybridized carbons (Fsp3) is 0.400. The van der Waals surface area contributed by atoms with Crippen molar-refractivity contribution in [2.24, 2.45) is 0 Å². The molecule has 0 aromatic carbocycles. The van der Waals surface area contributed by atoms with Crippen LogP contribution in [0.1, 0.15) is 17.7 Å². The molecule has 1 atom stereocenters. The minimum absolute atomic E-state index is 0.466. The number of pyridine rings is 1. The lowest BCUT2D eigenvalue weighted by atomic mass is 9.91. The Morgan fingerprint density at radius 3 is 2.35 bits per heavy atom. The molecule has 17 heavy (non-hydrogen) atoms. The summed E-state index contributed by atoms with van der Waals surface area (Å²) in [5.74, 6) is -1.74. The number of carboxylic acid groups (broad SMARTS) is 1. The Balaban J connectivity index is 3.24. The second-order valence-electron chi connectivity index (χ2n) is 3.62. The number of nitrogens with zero attached hydrogens (tertiary/aromatic N) is 1. The molecular formula is C10H10F3NO3. The lowest BCUT2D eigenvalue weighted by molar-refractivity contribution is -0.269. The van der Waals surface area contributed by atoms with Gasteiger partial charge in [-0.15, -0.1) is 0 Å². The molecule has 0 fully saturated rings. The average Bonchev–Trinajstić information content (AvgIpc) is 2.15. The van der Waals surface area contributed by atoms with Gasteiger partial charge in [0.1, 0.15) is 0 Å². The normalized spacial score (nSPS) is 15.4. The maximum atomic E-state index is 12.7. The smallest absolute Gasteiger partial charge is 0.422 e. The summed E-state index contributed by atoms with van der Waals surface area (Å²) in [4.78, 5) is 14.0. The van der Waals surface area contributed by atoms with Crippen LogP contribution in [0.4, 0.5) is 13.2 Å². The molecule has 0 aliphatic heterocycles. The molecule has 0 saturated carbocycles. The third kappa shape index (κ3) is 2.73. The summed E-state index contributed by atoms with van der Waals surface area (Å²) in [6.07, 6.45) is -5.71. The number of hydrogen-bond donors (Lipinski definition) is 2. The molecule has 0 aliphatic rings. The number of aromatic nitrogens is 1. The van der Waals surface area contributed by atoms with Crippen LogP contribution in [0.25, 0.3) is 0 Å². The number of halogens is 3. The number of carbonyl (C=O) groups is 1. The number of aliphatic hydroxyl groups is 1. The number of rotatable bonds is 3. The van der Waals surface area contributed by atoms with Gasteiger partial charge in [0.25, 0.3) is 0 Å². The Labute approximate surface area is 94.7 Å². The molecule has 1 heterocycles. The van der Waals surface area contributed by atoms with Crippen LogP contribution < -0.4 is 0 Å². The number of carboxylic acids is 1. The van der Waals surface area contributed by atoms with E-state index in [1.54, 1.807) is 6.92 Å². The van der Waals surface area contributed by atoms with Gasteiger partial charge in [-0.05, 0) is 13.0 Å². The molecule has 94 valence electrons. The van der Waals surface area contributed by atoms with Crippen LogP contribution in [0.3, 0.4) is 0 Å². The van der Waals surface area contributed by atoms with Gasteiger partial charge in [-0.2, -0.15) is 13.2 Å². The van der Waals surface area contributed by atoms with Gasteiger partial charge < -0.3 is 10.2 Å². The van der Waals surface area contributed by atoms with Crippen molar-refractivity contribution in [2.45, 2.75) is 25.1 Å². The maximum absolute atomic E-state index is 12.7. The van der Waals surface area contributed by atoms with Gasteiger partial charge in [0.2, 0.25) is 0 Å². The van der Waals surface area contributed by atoms with Gasteiger partial charge in [0.05, 0.1) is 6.42 Å². The maximum Gasteiger partial charge on any atom is 0.422 e. The molecule has 0 radical (unpaired) electrons. The van der Waals surface area contributed by atoms with Gasteiger partial charge in [0.15, 0.2) is 5.60 Å². The summed E-state index contributed by atoms with van der Waals surface area (Å²) in [7, 11) is 0. The molecule has 0 saturated heterocycles. The third-order valence-corrected chi connectivity index (χ3v) is 2.26. The monoisotopic (exact) mass is 249 g/mol. The summed E-state index contributed by atoms with van der Waals surface area (Å²) in [5.41, 5.74) is -3.54. The second-order valence-corrected chi connectivity index (χ2v) is 3.62. The summed E-state index contributed by atoms with van der Waals surface area (Å²) < 4.78 is 38.1. The number of aryl methyl sites for hydroxylation is 1. The predicted molar refractivity (Wildman–Crippen MR) is 51.2 cm³/mol. The summed E-state index contributed by atoms with van der Waals surface area (Å²) in [6, 6.07) is 2.28. The number of hydrogen-bond acceptors (Lipinski definition) is 3. The van der Waals surface area contributed by atoms with Crippen molar-refractivity contribution in [3.8, 4) is 0 Å². The Bertz CT molecular complexity index is 416. The molecule has 1 rings (SSSR count). The van der Waals surface area contributed by atoms with Crippen LogP contribution in [-0.4, -0.2) is 27.3 Å². The SMILES string of the molecule is Cc1ccc(C(O)(CC(=O)O)C(F)(F)F)cn1. The van der Waals surface area contributed by atoms with Crippen LogP contribution in [0, 0.1) is 6.92 Å². The van der Waals surface area contributed by atoms with Gasteiger partial charge in [-0.1, -0.05) is 6.07 Å². The highest BCUT2D eigenvalue weighted by Crippen LogP contribution is 2.41. The lowest BCUT2D eigenvalue weighted by Crippen LogP contribution is -2.44. The van der Waals surface area contributed by atoms with Crippen LogP contribution in [0.15, 0.2) is 18.3 Å². The Hall–Kier alpha value is -1.63. The first-order chi connectivity index (χ1) is 7.67. The average molecular weight is 249 g/mol. The molecular weight excluding hydrogens is 239 g/mol. The van der Waals surface area contributed by atoms with Crippen molar-refractivity contribution in [3.05, 3.63) is 29.6 Å². The fourth-order valence-corrected chi connectivity index (χ4v) is 1.30. The van der Waals surface area contributed by atoms with E-state index in [2.05, 4.69) is 4.98 Å². The number of alkyl halides is 3. The molecule has 1 aromatic heterocycles. The van der Waals surface area contributed by atoms with E-state index < -0.39 is 29.7 Å². The van der Waals surface area contributed by atoms with Gasteiger partial charge >= 0.3 is 12.1 Å². The Morgan fingerprint density at radius 1 is 1.41 bits per heavy atom. The largest absolute Gasteiger partial charge is 0.481 e. The molecule has 0 spiro atoms. The highest BCUT2D eigenvalue weighted by atomic mass is 19.4. The first-order valence-corrected chi connectivity index (χ1v) is 4.61. The lowest BCUT2D eigenvalue weighted by Gasteiger charge is -2.29. The molecule has 0 bridgehead atoms. The minimum atomic E-state index is -5.08. The molecule has 0 amide bonds. The van der Waals surface area contributed by atoms with Crippen molar-refractivity contribution in [1.82, 2.24) is 4.98 Å². The third-order valence-electron chi connectivity index (χ3n) is 2.26. The van der Waals surface area contributed by atoms with E-state index >= 15 is 0 Å². The van der Waals surface area contributed by atoms with Crippen LogP contribution >= 0.6 is 0 Å². The molecule has 2 N–H and O–H groups in total. The van der Waals surface area contributed by atoms with Crippen LogP contribution in [-0.2, 0) is 10.4 Å². The zero-order valence-electron chi connectivity index (χ0n) is 8.82. The van der Waals surface area contributed by atoms with E-state index in [4.69, 9.17) is 5.11 Å². The highest BCUT2D eigenvalue weighted by molar-refractivity contribution is 5.68. The van der Waals surface area contributed by atoms with Crippen molar-refractivity contribution in [2.75, 3.05) is 0 Å². The van der Waals surface area contributed by atoms with Gasteiger partial charge in [-0.3, -0.25) is 9.78 Å². The van der Waals surface area contributed by atoms with E-state index in [0.717, 1.165) is 12.3 Å². The van der Waals surface area contributed by atoms with E-state index in [0.29, 0.717) is 5.69 Å². The first kappa shape index (κ1) is 13.4. The Morgan fingerprint density at radius 2 is 2.00 bits per heavy atom. The van der Waals surface area contributed by atoms with E-state index in [1.807, 2.05) is 0 Å². The predicted octanol–water partition coefficient (Wildman–Crippen LogP) is 1.61. The second kappa shape index (κ2) is 4.33. The molecule has 4 nitrogen and oxygen atoms in total. The highest BCUT2D eigenvalue weighted by Gasteiger charge is 2.56. The van der Waals surface area contributed by atoms with Crippen molar-refractivity contribution in [3.63, 3.8) is 0 Å². The molecule has 7 heteroatoms. The summed E-state index contributed by atoms with van der Waals surface area (Å²) in [5, 5.41) is 18.0. The zero-order valence-corrected chi connectivity index (χ0v) is 8.82. The number of aliphatic carboxylic acids is 1. The fourth-order valence-electron chi connectivity index (χ4n) is 1.30. The van der Waals surface area contributed by atoms with Crippen molar-refractivity contribution >= 4 is 5.97 Å². The van der Waals surface area contributed by atoms with Crippen LogP contribution in [0.2, 0.25) is 0 Å². The van der Waals surface area contributed by atoms with Gasteiger partial charge in [-0.25, -0.2) is 0 Å². The van der Waals surface area contributed by atoms with E-state index in [-0.39, 0.29) is 0 Å². The quantitative estimate of drug-likeness (QED) is 0.853. The zero-order chi connectivity index (χ0) is 13.3. The molecule has 1 aromatic rings. The first-order valence-electron chi connectivity index (χ1n) is 4.61. The Kier molecular flexibility index (Phi) is 3.42. The summed E-state index contributed by atoms with van der Waals surface area (Å²) in [6.45, 7) is 1.56. The van der Waals surface area contributed by atoms with Gasteiger partial charge in [0, 0.05) is 17.5 Å². The van der Waals surface area contributed by atoms with Crippen molar-refractivity contribution < 1.29 is 28.2 Å². The van der Waals surface area contributed by atoms with E-state index in [1.165, 1.54) is 6.07 Å². The molecule has 1 unspecified atom stereocenters. The summed E-state index contributed by atoms with van der Waals surface area (Å²) >= 11 is 0. The minimum Gasteiger partial charge on any atom is -0.481 e. The van der Waals surface area contributed by atoms with Crippen LogP contribution in [0.5, 0.6) is 0 Å². The standard InChI is InChI=1S/C10H10F3NO3/c1-6-2-3-7(5-14-6)9(17,4-8(15)16)10(11,12)13/h2-3,5,17H,4H2,1H3,(H,15,16). The molecule has 0 aliphatic carbocycles. The van der Waals surface area contributed by atoms with E-state index in [9.17, 15) is 23.1 Å².